The van der Waals surface area contributed by atoms with E-state index in [1.807, 2.05) is 36.1 Å². The van der Waals surface area contributed by atoms with Gasteiger partial charge in [-0.1, -0.05) is 51.8 Å². The van der Waals surface area contributed by atoms with Gasteiger partial charge in [-0.15, -0.1) is 0 Å². The third kappa shape index (κ3) is 4.66. The summed E-state index contributed by atoms with van der Waals surface area (Å²) in [5.74, 6) is 1.29. The first kappa shape index (κ1) is 21.8. The molecule has 2 aliphatic heterocycles. The number of nitrogens with zero attached hydrogens (tertiary/aromatic N) is 2. The minimum atomic E-state index is -0.301. The maximum Gasteiger partial charge on any atom is 0.253 e. The number of amides is 2. The summed E-state index contributed by atoms with van der Waals surface area (Å²) in [5.41, 5.74) is 1.60. The average Bonchev–Trinajstić information content (AvgIpc) is 2.93. The highest BCUT2D eigenvalue weighted by Crippen LogP contribution is 2.35. The van der Waals surface area contributed by atoms with Gasteiger partial charge in [0.15, 0.2) is 0 Å². The largest absolute Gasteiger partial charge is 0.338 e. The molecule has 2 atom stereocenters. The molecule has 1 aromatic rings. The Morgan fingerprint density at radius 3 is 2.34 bits per heavy atom. The first-order valence-electron chi connectivity index (χ1n) is 11.2. The molecule has 5 nitrogen and oxygen atoms in total. The van der Waals surface area contributed by atoms with Crippen LogP contribution in [0.1, 0.15) is 69.3 Å². The van der Waals surface area contributed by atoms with Crippen molar-refractivity contribution in [2.24, 2.45) is 11.8 Å². The second kappa shape index (κ2) is 8.86. The van der Waals surface area contributed by atoms with Gasteiger partial charge in [-0.05, 0) is 37.3 Å². The van der Waals surface area contributed by atoms with Crippen molar-refractivity contribution in [1.29, 1.82) is 0 Å². The fourth-order valence-corrected chi connectivity index (χ4v) is 4.57. The van der Waals surface area contributed by atoms with Crippen LogP contribution in [0.4, 0.5) is 0 Å². The van der Waals surface area contributed by atoms with E-state index >= 15 is 0 Å². The molecule has 1 aromatic carbocycles. The summed E-state index contributed by atoms with van der Waals surface area (Å²) in [4.78, 5) is 30.2. The Bertz CT molecular complexity index is 720. The second-order valence-corrected chi connectivity index (χ2v) is 9.48. The third-order valence-electron chi connectivity index (χ3n) is 6.60. The number of carbonyl (C=O) groups excluding carboxylic acids is 2. The highest BCUT2D eigenvalue weighted by atomic mass is 16.2. The van der Waals surface area contributed by atoms with Crippen molar-refractivity contribution >= 4 is 11.8 Å². The van der Waals surface area contributed by atoms with E-state index in [4.69, 9.17) is 0 Å². The van der Waals surface area contributed by atoms with Crippen molar-refractivity contribution in [3.8, 4) is 0 Å². The Labute approximate surface area is 175 Å². The van der Waals surface area contributed by atoms with Crippen molar-refractivity contribution in [2.75, 3.05) is 19.6 Å². The van der Waals surface area contributed by atoms with E-state index in [2.05, 4.69) is 37.9 Å². The molecule has 2 aliphatic rings. The van der Waals surface area contributed by atoms with Gasteiger partial charge in [-0.3, -0.25) is 14.9 Å². The Morgan fingerprint density at radius 2 is 1.79 bits per heavy atom. The van der Waals surface area contributed by atoms with E-state index in [-0.39, 0.29) is 23.5 Å². The molecule has 0 radical (unpaired) electrons. The minimum Gasteiger partial charge on any atom is -0.338 e. The molecule has 2 fully saturated rings. The number of nitrogens with one attached hydrogen (secondary N) is 1. The second-order valence-electron chi connectivity index (χ2n) is 9.48. The van der Waals surface area contributed by atoms with Crippen LogP contribution < -0.4 is 5.32 Å². The van der Waals surface area contributed by atoms with E-state index in [9.17, 15) is 9.59 Å². The molecule has 3 rings (SSSR count). The molecule has 1 spiro atoms. The normalized spacial score (nSPS) is 22.6. The molecule has 0 aliphatic carbocycles. The summed E-state index contributed by atoms with van der Waals surface area (Å²) < 4.78 is 0. The molecule has 1 N–H and O–H groups in total. The lowest BCUT2D eigenvalue weighted by molar-refractivity contribution is -0.134. The number of piperidine rings is 1. The first-order valence-corrected chi connectivity index (χ1v) is 11.2. The van der Waals surface area contributed by atoms with Crippen molar-refractivity contribution in [2.45, 2.75) is 72.0 Å². The van der Waals surface area contributed by atoms with Crippen LogP contribution in [0.3, 0.4) is 0 Å². The zero-order chi connectivity index (χ0) is 21.2. The van der Waals surface area contributed by atoms with Crippen LogP contribution in [0.25, 0.3) is 0 Å². The van der Waals surface area contributed by atoms with E-state index in [0.29, 0.717) is 24.9 Å². The number of benzene rings is 1. The number of aryl methyl sites for hydroxylation is 1. The average molecular weight is 400 g/mol. The summed E-state index contributed by atoms with van der Waals surface area (Å²) in [6, 6.07) is 7.69. The van der Waals surface area contributed by atoms with Crippen LogP contribution in [0.2, 0.25) is 0 Å². The van der Waals surface area contributed by atoms with E-state index in [0.717, 1.165) is 43.4 Å². The molecule has 2 amide bonds. The quantitative estimate of drug-likeness (QED) is 0.791. The molecule has 5 heteroatoms. The Balaban J connectivity index is 1.73. The van der Waals surface area contributed by atoms with Crippen molar-refractivity contribution in [3.05, 3.63) is 35.4 Å². The predicted octanol–water partition coefficient (Wildman–Crippen LogP) is 3.82. The molecule has 0 unspecified atom stereocenters. The maximum absolute atomic E-state index is 13.2. The highest BCUT2D eigenvalue weighted by molar-refractivity contribution is 5.94. The van der Waals surface area contributed by atoms with Crippen LogP contribution >= 0.6 is 0 Å². The zero-order valence-corrected chi connectivity index (χ0v) is 18.7. The molecular formula is C24H37N3O2. The third-order valence-corrected chi connectivity index (χ3v) is 6.60. The number of carbonyl (C=O) groups is 2. The summed E-state index contributed by atoms with van der Waals surface area (Å²) in [5, 5.41) is 3.71. The molecule has 0 saturated carbocycles. The summed E-state index contributed by atoms with van der Waals surface area (Å²) >= 11 is 0. The maximum atomic E-state index is 13.2. The molecule has 0 bridgehead atoms. The van der Waals surface area contributed by atoms with Crippen LogP contribution in [-0.2, 0) is 4.79 Å². The van der Waals surface area contributed by atoms with E-state index < -0.39 is 0 Å². The Hall–Kier alpha value is -1.88. The van der Waals surface area contributed by atoms with Gasteiger partial charge >= 0.3 is 0 Å². The van der Waals surface area contributed by atoms with Crippen molar-refractivity contribution in [1.82, 2.24) is 15.1 Å². The van der Waals surface area contributed by atoms with Gasteiger partial charge in [-0.25, -0.2) is 0 Å². The molecule has 0 aromatic heterocycles. The van der Waals surface area contributed by atoms with Crippen LogP contribution in [0.5, 0.6) is 0 Å². The van der Waals surface area contributed by atoms with E-state index in [1.54, 1.807) is 0 Å². The van der Waals surface area contributed by atoms with Crippen molar-refractivity contribution < 1.29 is 9.59 Å². The predicted molar refractivity (Wildman–Crippen MR) is 117 cm³/mol. The van der Waals surface area contributed by atoms with Crippen molar-refractivity contribution in [3.63, 3.8) is 0 Å². The fourth-order valence-electron chi connectivity index (χ4n) is 4.57. The highest BCUT2D eigenvalue weighted by Gasteiger charge is 2.51. The smallest absolute Gasteiger partial charge is 0.253 e. The van der Waals surface area contributed by atoms with Gasteiger partial charge in [0, 0.05) is 38.0 Å². The molecule has 2 saturated heterocycles. The van der Waals surface area contributed by atoms with Gasteiger partial charge in [0.2, 0.25) is 5.91 Å². The van der Waals surface area contributed by atoms with Gasteiger partial charge < -0.3 is 9.80 Å². The first-order chi connectivity index (χ1) is 13.8. The number of rotatable bonds is 6. The monoisotopic (exact) mass is 399 g/mol. The van der Waals surface area contributed by atoms with Gasteiger partial charge in [-0.2, -0.15) is 0 Å². The zero-order valence-electron chi connectivity index (χ0n) is 18.7. The number of hydrogen-bond donors (Lipinski definition) is 1. The number of hydrogen-bond acceptors (Lipinski definition) is 3. The van der Waals surface area contributed by atoms with Gasteiger partial charge in [0.05, 0.1) is 11.7 Å². The Morgan fingerprint density at radius 1 is 1.17 bits per heavy atom. The standard InChI is InChI=1S/C24H37N3O2/c1-6-18(4)16-27-23(29)21(15-17(2)3)25-24(27)11-13-26(14-12-24)22(28)20-9-7-19(5)8-10-20/h7-10,17-18,21,25H,6,11-16H2,1-5H3/t18-,21-/m1/s1. The lowest BCUT2D eigenvalue weighted by atomic mass is 9.94. The Kier molecular flexibility index (Phi) is 6.67. The summed E-state index contributed by atoms with van der Waals surface area (Å²) in [6.45, 7) is 12.9. The van der Waals surface area contributed by atoms with Crippen LogP contribution in [-0.4, -0.2) is 53.0 Å². The minimum absolute atomic E-state index is 0.0939. The van der Waals surface area contributed by atoms with Gasteiger partial charge in [0.25, 0.3) is 5.91 Å². The number of likely N-dealkylation sites (tertiary alicyclic amines) is 1. The summed E-state index contributed by atoms with van der Waals surface area (Å²) in [7, 11) is 0. The van der Waals surface area contributed by atoms with Crippen LogP contribution in [0.15, 0.2) is 24.3 Å². The SMILES string of the molecule is CC[C@@H](C)CN1C(=O)[C@@H](CC(C)C)NC12CCN(C(=O)c1ccc(C)cc1)CC2. The van der Waals surface area contributed by atoms with Gasteiger partial charge in [0.1, 0.15) is 0 Å². The lowest BCUT2D eigenvalue weighted by Crippen LogP contribution is -2.60. The molecule has 160 valence electrons. The van der Waals surface area contributed by atoms with E-state index in [1.165, 1.54) is 0 Å². The molecular weight excluding hydrogens is 362 g/mol. The molecule has 29 heavy (non-hydrogen) atoms. The topological polar surface area (TPSA) is 52.7 Å². The fraction of sp³-hybridized carbons (Fsp3) is 0.667. The lowest BCUT2D eigenvalue weighted by Gasteiger charge is -2.45. The molecule has 2 heterocycles. The summed E-state index contributed by atoms with van der Waals surface area (Å²) in [6.07, 6.45) is 3.51. The van der Waals surface area contributed by atoms with Crippen LogP contribution in [0, 0.1) is 18.8 Å².